The number of benzene rings is 1. The lowest BCUT2D eigenvalue weighted by atomic mass is 10.1. The van der Waals surface area contributed by atoms with Crippen molar-refractivity contribution in [3.63, 3.8) is 0 Å². The third-order valence-corrected chi connectivity index (χ3v) is 1.61. The molecule has 0 saturated carbocycles. The van der Waals surface area contributed by atoms with Crippen molar-refractivity contribution in [1.29, 1.82) is 0 Å². The van der Waals surface area contributed by atoms with Crippen molar-refractivity contribution in [1.82, 2.24) is 0 Å². The van der Waals surface area contributed by atoms with Crippen LogP contribution in [0.3, 0.4) is 0 Å². The molecule has 0 amide bonds. The van der Waals surface area contributed by atoms with Crippen molar-refractivity contribution in [3.8, 4) is 0 Å². The first-order valence-corrected chi connectivity index (χ1v) is 3.98. The smallest absolute Gasteiger partial charge is 0.185 e. The molecule has 1 aromatic rings. The summed E-state index contributed by atoms with van der Waals surface area (Å²) >= 11 is 0. The molecule has 78 valence electrons. The van der Waals surface area contributed by atoms with Crippen LogP contribution in [0.2, 0.25) is 0 Å². The highest BCUT2D eigenvalue weighted by Gasteiger charge is 1.92. The van der Waals surface area contributed by atoms with E-state index in [1.54, 1.807) is 12.1 Å². The van der Waals surface area contributed by atoms with Crippen LogP contribution in [0.5, 0.6) is 0 Å². The predicted molar refractivity (Wildman–Crippen MR) is 58.0 cm³/mol. The lowest BCUT2D eigenvalue weighted by molar-refractivity contribution is 0.627. The second kappa shape index (κ2) is 6.21. The first kappa shape index (κ1) is 12.7. The Morgan fingerprint density at radius 3 is 2.29 bits per heavy atom. The van der Waals surface area contributed by atoms with E-state index in [-0.39, 0.29) is 24.2 Å². The minimum atomic E-state index is -0.231. The molecule has 1 rings (SSSR count). The Hall–Kier alpha value is -1.29. The minimum Gasteiger partial charge on any atom is -0.370 e. The predicted octanol–water partition coefficient (Wildman–Crippen LogP) is 1.06. The number of halogens is 2. The van der Waals surface area contributed by atoms with Crippen LogP contribution in [-0.2, 0) is 6.42 Å². The molecule has 3 nitrogen and oxygen atoms in total. The van der Waals surface area contributed by atoms with Crippen LogP contribution in [0.1, 0.15) is 5.56 Å². The lowest BCUT2D eigenvalue weighted by Crippen LogP contribution is -2.23. The molecule has 5 heteroatoms. The van der Waals surface area contributed by atoms with E-state index in [4.69, 9.17) is 11.5 Å². The third-order valence-electron chi connectivity index (χ3n) is 1.61. The number of aliphatic imine (C=N–C) groups is 1. The second-order valence-electron chi connectivity index (χ2n) is 2.68. The molecule has 14 heavy (non-hydrogen) atoms. The zero-order valence-corrected chi connectivity index (χ0v) is 8.43. The number of hydrogen-bond donors (Lipinski definition) is 2. The number of hydrogen-bond acceptors (Lipinski definition) is 1. The van der Waals surface area contributed by atoms with Crippen molar-refractivity contribution >= 4 is 18.4 Å². The van der Waals surface area contributed by atoms with Crippen molar-refractivity contribution in [2.75, 3.05) is 6.54 Å². The average Bonchev–Trinajstić information content (AvgIpc) is 2.08. The fraction of sp³-hybridized carbons (Fsp3) is 0.222. The van der Waals surface area contributed by atoms with Crippen molar-refractivity contribution in [2.24, 2.45) is 16.5 Å². The minimum absolute atomic E-state index is 0. The molecule has 0 heterocycles. The maximum Gasteiger partial charge on any atom is 0.185 e. The van der Waals surface area contributed by atoms with E-state index in [2.05, 4.69) is 4.99 Å². The van der Waals surface area contributed by atoms with Crippen LogP contribution in [-0.4, -0.2) is 12.5 Å². The Labute approximate surface area is 88.4 Å². The van der Waals surface area contributed by atoms with Crippen LogP contribution < -0.4 is 11.5 Å². The molecule has 0 aromatic heterocycles. The number of nitrogens with two attached hydrogens (primary N) is 2. The van der Waals surface area contributed by atoms with Gasteiger partial charge in [-0.25, -0.2) is 4.39 Å². The van der Waals surface area contributed by atoms with Gasteiger partial charge in [-0.1, -0.05) is 12.1 Å². The molecule has 0 fully saturated rings. The van der Waals surface area contributed by atoms with Crippen LogP contribution in [0.25, 0.3) is 0 Å². The Morgan fingerprint density at radius 2 is 1.79 bits per heavy atom. The van der Waals surface area contributed by atoms with Crippen molar-refractivity contribution < 1.29 is 4.39 Å². The highest BCUT2D eigenvalue weighted by Crippen LogP contribution is 2.03. The summed E-state index contributed by atoms with van der Waals surface area (Å²) in [4.78, 5) is 3.82. The van der Waals surface area contributed by atoms with Gasteiger partial charge in [0.25, 0.3) is 0 Å². The molecule has 4 N–H and O–H groups in total. The molecule has 0 spiro atoms. The first-order valence-electron chi connectivity index (χ1n) is 3.98. The van der Waals surface area contributed by atoms with Crippen LogP contribution >= 0.6 is 12.4 Å². The van der Waals surface area contributed by atoms with Gasteiger partial charge in [0.2, 0.25) is 0 Å². The summed E-state index contributed by atoms with van der Waals surface area (Å²) < 4.78 is 12.5. The average molecular weight is 218 g/mol. The monoisotopic (exact) mass is 217 g/mol. The maximum atomic E-state index is 12.5. The molecule has 0 unspecified atom stereocenters. The molecular formula is C9H13ClFN3. The topological polar surface area (TPSA) is 64.4 Å². The molecular weight excluding hydrogens is 205 g/mol. The summed E-state index contributed by atoms with van der Waals surface area (Å²) in [5.41, 5.74) is 11.3. The Bertz CT molecular complexity index is 293. The Morgan fingerprint density at radius 1 is 1.21 bits per heavy atom. The van der Waals surface area contributed by atoms with Crippen molar-refractivity contribution in [2.45, 2.75) is 6.42 Å². The molecule has 0 radical (unpaired) electrons. The van der Waals surface area contributed by atoms with E-state index in [0.29, 0.717) is 6.54 Å². The standard InChI is InChI=1S/C9H12FN3.ClH/c10-8-3-1-7(2-4-8)5-6-13-9(11)12;/h1-4H,5-6H2,(H4,11,12,13);1H. The van der Waals surface area contributed by atoms with E-state index in [0.717, 1.165) is 12.0 Å². The molecule has 0 saturated heterocycles. The van der Waals surface area contributed by atoms with Crippen LogP contribution in [0, 0.1) is 5.82 Å². The SMILES string of the molecule is Cl.NC(N)=NCCc1ccc(F)cc1. The zero-order chi connectivity index (χ0) is 9.68. The highest BCUT2D eigenvalue weighted by molar-refractivity contribution is 5.85. The van der Waals surface area contributed by atoms with Gasteiger partial charge in [-0.3, -0.25) is 4.99 Å². The Kier molecular flexibility index (Phi) is 5.64. The van der Waals surface area contributed by atoms with Gasteiger partial charge in [0.1, 0.15) is 5.82 Å². The van der Waals surface area contributed by atoms with Gasteiger partial charge < -0.3 is 11.5 Å². The summed E-state index contributed by atoms with van der Waals surface area (Å²) in [6.07, 6.45) is 0.720. The summed E-state index contributed by atoms with van der Waals surface area (Å²) in [6.45, 7) is 0.536. The van der Waals surface area contributed by atoms with Gasteiger partial charge in [0.05, 0.1) is 0 Å². The molecule has 0 atom stereocenters. The molecule has 0 aliphatic carbocycles. The van der Waals surface area contributed by atoms with Crippen molar-refractivity contribution in [3.05, 3.63) is 35.6 Å². The largest absolute Gasteiger partial charge is 0.370 e. The van der Waals surface area contributed by atoms with E-state index in [9.17, 15) is 4.39 Å². The fourth-order valence-electron chi connectivity index (χ4n) is 0.965. The van der Waals surface area contributed by atoms with E-state index >= 15 is 0 Å². The third kappa shape index (κ3) is 4.67. The van der Waals surface area contributed by atoms with Crippen LogP contribution in [0.4, 0.5) is 4.39 Å². The molecule has 0 aliphatic rings. The zero-order valence-electron chi connectivity index (χ0n) is 7.61. The van der Waals surface area contributed by atoms with E-state index in [1.165, 1.54) is 12.1 Å². The lowest BCUT2D eigenvalue weighted by Gasteiger charge is -1.97. The van der Waals surface area contributed by atoms with Gasteiger partial charge in [-0.2, -0.15) is 0 Å². The van der Waals surface area contributed by atoms with Gasteiger partial charge in [0.15, 0.2) is 5.96 Å². The van der Waals surface area contributed by atoms with E-state index < -0.39 is 0 Å². The maximum absolute atomic E-state index is 12.5. The molecule has 0 bridgehead atoms. The number of nitrogens with zero attached hydrogens (tertiary/aromatic N) is 1. The van der Waals surface area contributed by atoms with Crippen LogP contribution in [0.15, 0.2) is 29.3 Å². The number of rotatable bonds is 3. The number of guanidine groups is 1. The first-order chi connectivity index (χ1) is 6.18. The van der Waals surface area contributed by atoms with Gasteiger partial charge in [-0.05, 0) is 24.1 Å². The summed E-state index contributed by atoms with van der Waals surface area (Å²) in [5.74, 6) is -0.146. The summed E-state index contributed by atoms with van der Waals surface area (Å²) in [6, 6.07) is 6.28. The van der Waals surface area contributed by atoms with Gasteiger partial charge in [-0.15, -0.1) is 12.4 Å². The van der Waals surface area contributed by atoms with Gasteiger partial charge in [0, 0.05) is 6.54 Å². The highest BCUT2D eigenvalue weighted by atomic mass is 35.5. The summed E-state index contributed by atoms with van der Waals surface area (Å²) in [5, 5.41) is 0. The second-order valence-corrected chi connectivity index (χ2v) is 2.68. The summed E-state index contributed by atoms with van der Waals surface area (Å²) in [7, 11) is 0. The quantitative estimate of drug-likeness (QED) is 0.588. The fourth-order valence-corrected chi connectivity index (χ4v) is 0.965. The Balaban J connectivity index is 0.00000169. The molecule has 0 aliphatic heterocycles. The van der Waals surface area contributed by atoms with E-state index in [1.807, 2.05) is 0 Å². The van der Waals surface area contributed by atoms with Gasteiger partial charge >= 0.3 is 0 Å². The molecule has 1 aromatic carbocycles. The normalized spacial score (nSPS) is 8.93.